The molecular formula is C6H4B2O2. The van der Waals surface area contributed by atoms with Crippen molar-refractivity contribution >= 4 is 32.6 Å². The minimum absolute atomic E-state index is 0.102. The first-order valence-electron chi connectivity index (χ1n) is 2.77. The van der Waals surface area contributed by atoms with E-state index in [2.05, 4.69) is 0 Å². The molecule has 0 saturated heterocycles. The lowest BCUT2D eigenvalue weighted by molar-refractivity contribution is 0.0989. The summed E-state index contributed by atoms with van der Waals surface area (Å²) in [5.41, 5.74) is 0.412. The Labute approximate surface area is 61.4 Å². The predicted octanol–water partition coefficient (Wildman–Crippen LogP) is -0.930. The van der Waals surface area contributed by atoms with Gasteiger partial charge in [-0.15, -0.1) is 0 Å². The van der Waals surface area contributed by atoms with E-state index < -0.39 is 0 Å². The van der Waals surface area contributed by atoms with Crippen LogP contribution in [0.3, 0.4) is 0 Å². The average molecular weight is 130 g/mol. The Hall–Kier alpha value is -0.920. The van der Waals surface area contributed by atoms with Crippen LogP contribution >= 0.6 is 0 Å². The highest BCUT2D eigenvalue weighted by Gasteiger charge is 2.05. The molecule has 0 amide bonds. The molecule has 2 nitrogen and oxygen atoms in total. The predicted molar refractivity (Wildman–Crippen MR) is 39.5 cm³/mol. The van der Waals surface area contributed by atoms with Gasteiger partial charge in [-0.25, -0.2) is 0 Å². The Morgan fingerprint density at radius 2 is 2.20 bits per heavy atom. The molecule has 1 rings (SSSR count). The second kappa shape index (κ2) is 2.37. The van der Waals surface area contributed by atoms with Gasteiger partial charge in [0.1, 0.15) is 7.85 Å². The summed E-state index contributed by atoms with van der Waals surface area (Å²) in [6.45, 7) is 1.39. The second-order valence-corrected chi connectivity index (χ2v) is 1.99. The molecule has 1 heterocycles. The van der Waals surface area contributed by atoms with Gasteiger partial charge < -0.3 is 4.42 Å². The number of rotatable bonds is 1. The van der Waals surface area contributed by atoms with Crippen molar-refractivity contribution in [1.82, 2.24) is 0 Å². The van der Waals surface area contributed by atoms with Crippen molar-refractivity contribution in [2.75, 3.05) is 0 Å². The van der Waals surface area contributed by atoms with Crippen LogP contribution < -0.4 is 11.1 Å². The van der Waals surface area contributed by atoms with Crippen LogP contribution in [0, 0.1) is 0 Å². The number of Topliss-reactive ketones (excluding diaryl/α,β-unsaturated/α-hetero) is 1. The van der Waals surface area contributed by atoms with E-state index in [1.165, 1.54) is 13.0 Å². The number of carbonyl (C=O) groups is 1. The van der Waals surface area contributed by atoms with E-state index in [-0.39, 0.29) is 17.2 Å². The van der Waals surface area contributed by atoms with Gasteiger partial charge >= 0.3 is 0 Å². The summed E-state index contributed by atoms with van der Waals surface area (Å²) in [5, 5.41) is 0. The molecule has 0 fully saturated rings. The molecule has 0 bridgehead atoms. The fourth-order valence-electron chi connectivity index (χ4n) is 0.593. The summed E-state index contributed by atoms with van der Waals surface area (Å²) in [5.74, 6) is 0.0263. The van der Waals surface area contributed by atoms with Crippen LogP contribution in [0.15, 0.2) is 10.5 Å². The third-order valence-corrected chi connectivity index (χ3v) is 1.14. The van der Waals surface area contributed by atoms with Crippen LogP contribution in [0.4, 0.5) is 0 Å². The molecule has 0 unspecified atom stereocenters. The fourth-order valence-corrected chi connectivity index (χ4v) is 0.593. The summed E-state index contributed by atoms with van der Waals surface area (Å²) in [6, 6.07) is 1.41. The summed E-state index contributed by atoms with van der Waals surface area (Å²) in [6.07, 6.45) is 0. The second-order valence-electron chi connectivity index (χ2n) is 1.99. The lowest BCUT2D eigenvalue weighted by Gasteiger charge is -1.84. The number of furan rings is 1. The average Bonchev–Trinajstić information content (AvgIpc) is 2.13. The molecule has 0 spiro atoms. The van der Waals surface area contributed by atoms with Gasteiger partial charge in [-0.1, -0.05) is 5.46 Å². The van der Waals surface area contributed by atoms with Gasteiger partial charge in [0.25, 0.3) is 0 Å². The number of hydrogen-bond donors (Lipinski definition) is 0. The zero-order valence-corrected chi connectivity index (χ0v) is 5.55. The Kier molecular flexibility index (Phi) is 1.70. The number of ketones is 1. The number of carbonyl (C=O) groups excluding carboxylic acids is 1. The first kappa shape index (κ1) is 7.19. The molecule has 4 heteroatoms. The van der Waals surface area contributed by atoms with Crippen LogP contribution in [0.1, 0.15) is 17.5 Å². The smallest absolute Gasteiger partial charge is 0.194 e. The normalized spacial score (nSPS) is 9.70. The van der Waals surface area contributed by atoms with Crippen molar-refractivity contribution in [2.45, 2.75) is 6.92 Å². The van der Waals surface area contributed by atoms with E-state index in [9.17, 15) is 4.79 Å². The van der Waals surface area contributed by atoms with E-state index in [0.29, 0.717) is 5.46 Å². The van der Waals surface area contributed by atoms with Crippen LogP contribution in [-0.4, -0.2) is 21.5 Å². The SMILES string of the molecule is [B]c1cc(C(C)=O)oc1[B]. The highest BCUT2D eigenvalue weighted by molar-refractivity contribution is 6.47. The van der Waals surface area contributed by atoms with E-state index >= 15 is 0 Å². The summed E-state index contributed by atoms with van der Waals surface area (Å²) < 4.78 is 4.78. The molecule has 0 aliphatic carbocycles. The van der Waals surface area contributed by atoms with Gasteiger partial charge in [-0.2, -0.15) is 0 Å². The minimum atomic E-state index is -0.177. The summed E-state index contributed by atoms with van der Waals surface area (Å²) in [4.78, 5) is 10.6. The van der Waals surface area contributed by atoms with Crippen LogP contribution in [0.2, 0.25) is 0 Å². The number of hydrogen-bond acceptors (Lipinski definition) is 2. The van der Waals surface area contributed by atoms with Crippen molar-refractivity contribution in [2.24, 2.45) is 0 Å². The molecule has 0 aromatic carbocycles. The van der Waals surface area contributed by atoms with Crippen molar-refractivity contribution in [3.8, 4) is 0 Å². The van der Waals surface area contributed by atoms with E-state index in [1.807, 2.05) is 0 Å². The van der Waals surface area contributed by atoms with E-state index in [1.54, 1.807) is 0 Å². The third kappa shape index (κ3) is 1.15. The lowest BCUT2D eigenvalue weighted by atomic mass is 9.88. The molecule has 4 radical (unpaired) electrons. The van der Waals surface area contributed by atoms with Gasteiger partial charge in [-0.3, -0.25) is 4.79 Å². The highest BCUT2D eigenvalue weighted by atomic mass is 16.3. The third-order valence-electron chi connectivity index (χ3n) is 1.14. The first-order valence-corrected chi connectivity index (χ1v) is 2.77. The molecule has 0 N–H and O–H groups in total. The highest BCUT2D eigenvalue weighted by Crippen LogP contribution is 1.94. The maximum atomic E-state index is 10.6. The Morgan fingerprint density at radius 3 is 2.40 bits per heavy atom. The van der Waals surface area contributed by atoms with Gasteiger partial charge in [0.2, 0.25) is 0 Å². The van der Waals surface area contributed by atoms with Crippen LogP contribution in [0.25, 0.3) is 0 Å². The lowest BCUT2D eigenvalue weighted by Crippen LogP contribution is -2.19. The topological polar surface area (TPSA) is 30.2 Å². The maximum Gasteiger partial charge on any atom is 0.194 e. The maximum absolute atomic E-state index is 10.6. The zero-order chi connectivity index (χ0) is 7.72. The Morgan fingerprint density at radius 1 is 1.60 bits per heavy atom. The van der Waals surface area contributed by atoms with Gasteiger partial charge in [0, 0.05) is 12.6 Å². The Bertz CT molecular complexity index is 245. The van der Waals surface area contributed by atoms with Crippen molar-refractivity contribution < 1.29 is 9.21 Å². The van der Waals surface area contributed by atoms with Crippen molar-refractivity contribution in [3.63, 3.8) is 0 Å². The molecule has 46 valence electrons. The van der Waals surface area contributed by atoms with Crippen molar-refractivity contribution in [1.29, 1.82) is 0 Å². The zero-order valence-electron chi connectivity index (χ0n) is 5.55. The van der Waals surface area contributed by atoms with Gasteiger partial charge in [0.05, 0.1) is 0 Å². The molecule has 0 atom stereocenters. The fraction of sp³-hybridized carbons (Fsp3) is 0.167. The van der Waals surface area contributed by atoms with Crippen LogP contribution in [-0.2, 0) is 0 Å². The van der Waals surface area contributed by atoms with Crippen molar-refractivity contribution in [3.05, 3.63) is 11.8 Å². The van der Waals surface area contributed by atoms with Gasteiger partial charge in [-0.05, 0) is 6.07 Å². The molecule has 0 saturated carbocycles. The molecule has 0 aliphatic heterocycles. The summed E-state index contributed by atoms with van der Waals surface area (Å²) in [7, 11) is 10.5. The van der Waals surface area contributed by atoms with Gasteiger partial charge in [0.15, 0.2) is 19.4 Å². The Balaban J connectivity index is 3.10. The van der Waals surface area contributed by atoms with Crippen LogP contribution in [0.5, 0.6) is 0 Å². The molecule has 1 aromatic heterocycles. The largest absolute Gasteiger partial charge is 0.470 e. The molecule has 10 heavy (non-hydrogen) atoms. The molecule has 1 aromatic rings. The minimum Gasteiger partial charge on any atom is -0.470 e. The van der Waals surface area contributed by atoms with E-state index in [0.717, 1.165) is 0 Å². The first-order chi connectivity index (χ1) is 4.61. The standard InChI is InChI=1S/C6H4B2O2/c1-3(9)5-2-4(7)6(8)10-5/h2H,1H3. The summed E-state index contributed by atoms with van der Waals surface area (Å²) >= 11 is 0. The molecular weight excluding hydrogens is 126 g/mol. The molecule has 0 aliphatic rings. The quantitative estimate of drug-likeness (QED) is 0.363. The monoisotopic (exact) mass is 130 g/mol. The van der Waals surface area contributed by atoms with E-state index in [4.69, 9.17) is 20.1 Å².